The summed E-state index contributed by atoms with van der Waals surface area (Å²) >= 11 is 0. The Labute approximate surface area is 138 Å². The third-order valence-electron chi connectivity index (χ3n) is 3.94. The summed E-state index contributed by atoms with van der Waals surface area (Å²) in [6.45, 7) is 0.995. The number of amides is 1. The van der Waals surface area contributed by atoms with Gasteiger partial charge in [0.15, 0.2) is 0 Å². The number of carboxylic acid groups (broad SMARTS) is 1. The molecule has 0 spiro atoms. The van der Waals surface area contributed by atoms with Gasteiger partial charge in [-0.25, -0.2) is 14.2 Å². The fraction of sp³-hybridized carbons (Fsp3) is 0.167. The molecule has 1 N–H and O–H groups in total. The highest BCUT2D eigenvalue weighted by atomic mass is 19.1. The minimum Gasteiger partial charge on any atom is -0.477 e. The Kier molecular flexibility index (Phi) is 4.37. The first-order valence-corrected chi connectivity index (χ1v) is 7.48. The first-order chi connectivity index (χ1) is 11.5. The van der Waals surface area contributed by atoms with Crippen molar-refractivity contribution < 1.29 is 19.1 Å². The van der Waals surface area contributed by atoms with E-state index in [1.165, 1.54) is 30.5 Å². The minimum absolute atomic E-state index is 0.0938. The highest BCUT2D eigenvalue weighted by Gasteiger charge is 2.20. The lowest BCUT2D eigenvalue weighted by molar-refractivity contribution is 0.0687. The lowest BCUT2D eigenvalue weighted by Gasteiger charge is -2.26. The van der Waals surface area contributed by atoms with E-state index in [4.69, 9.17) is 5.11 Å². The van der Waals surface area contributed by atoms with Crippen LogP contribution in [0.5, 0.6) is 0 Å². The normalized spacial score (nSPS) is 14.2. The summed E-state index contributed by atoms with van der Waals surface area (Å²) in [5, 5.41) is 8.83. The molecule has 0 aliphatic carbocycles. The van der Waals surface area contributed by atoms with Gasteiger partial charge in [-0.3, -0.25) is 4.79 Å². The van der Waals surface area contributed by atoms with Crippen LogP contribution in [0.4, 0.5) is 4.39 Å². The third kappa shape index (κ3) is 3.32. The van der Waals surface area contributed by atoms with Crippen LogP contribution >= 0.6 is 0 Å². The van der Waals surface area contributed by atoms with Crippen molar-refractivity contribution in [2.45, 2.75) is 6.42 Å². The summed E-state index contributed by atoms with van der Waals surface area (Å²) in [5.74, 6) is -1.59. The Bertz CT molecular complexity index is 798. The predicted molar refractivity (Wildman–Crippen MR) is 86.1 cm³/mol. The Hall–Kier alpha value is -3.02. The number of carbonyl (C=O) groups is 2. The van der Waals surface area contributed by atoms with Crippen molar-refractivity contribution in [2.75, 3.05) is 13.1 Å². The van der Waals surface area contributed by atoms with E-state index in [1.54, 1.807) is 17.0 Å². The topological polar surface area (TPSA) is 70.5 Å². The summed E-state index contributed by atoms with van der Waals surface area (Å²) in [6, 6.07) is 9.09. The molecular weight excluding hydrogens is 311 g/mol. The molecule has 24 heavy (non-hydrogen) atoms. The van der Waals surface area contributed by atoms with E-state index in [9.17, 15) is 14.0 Å². The highest BCUT2D eigenvalue weighted by Crippen LogP contribution is 2.23. The first-order valence-electron chi connectivity index (χ1n) is 7.48. The van der Waals surface area contributed by atoms with E-state index >= 15 is 0 Å². The Morgan fingerprint density at radius 3 is 2.42 bits per heavy atom. The van der Waals surface area contributed by atoms with Gasteiger partial charge in [0, 0.05) is 19.3 Å². The average molecular weight is 326 g/mol. The van der Waals surface area contributed by atoms with Crippen LogP contribution in [0.1, 0.15) is 32.8 Å². The average Bonchev–Trinajstić information content (AvgIpc) is 2.62. The second kappa shape index (κ2) is 6.62. The molecule has 0 fully saturated rings. The summed E-state index contributed by atoms with van der Waals surface area (Å²) in [6.07, 6.45) is 3.91. The van der Waals surface area contributed by atoms with Crippen LogP contribution in [0.25, 0.3) is 5.57 Å². The summed E-state index contributed by atoms with van der Waals surface area (Å²) in [5.41, 5.74) is 2.30. The molecule has 1 aromatic carbocycles. The van der Waals surface area contributed by atoms with Crippen LogP contribution in [0.2, 0.25) is 0 Å². The molecule has 0 saturated heterocycles. The van der Waals surface area contributed by atoms with Crippen LogP contribution < -0.4 is 0 Å². The molecule has 1 aliphatic heterocycles. The van der Waals surface area contributed by atoms with Crippen molar-refractivity contribution in [1.29, 1.82) is 0 Å². The largest absolute Gasteiger partial charge is 0.477 e. The molecule has 2 aromatic rings. The maximum absolute atomic E-state index is 13.0. The number of nitrogens with zero attached hydrogens (tertiary/aromatic N) is 2. The molecule has 0 bridgehead atoms. The second-order valence-corrected chi connectivity index (χ2v) is 5.47. The standard InChI is InChI=1S/C18H15FN2O3/c19-15-4-1-12(2-5-15)13-7-9-21(10-8-13)17(22)14-3-6-16(18(23)24)20-11-14/h1-7,11H,8-10H2,(H,23,24). The van der Waals surface area contributed by atoms with Gasteiger partial charge in [0.05, 0.1) is 5.56 Å². The fourth-order valence-electron chi connectivity index (χ4n) is 2.61. The number of carboxylic acids is 1. The van der Waals surface area contributed by atoms with Gasteiger partial charge in [0.1, 0.15) is 11.5 Å². The number of hydrogen-bond acceptors (Lipinski definition) is 3. The Morgan fingerprint density at radius 1 is 1.12 bits per heavy atom. The zero-order chi connectivity index (χ0) is 17.1. The number of aromatic nitrogens is 1. The molecule has 0 unspecified atom stereocenters. The summed E-state index contributed by atoms with van der Waals surface area (Å²) in [4.78, 5) is 28.7. The van der Waals surface area contributed by atoms with Crippen molar-refractivity contribution >= 4 is 17.4 Å². The number of hydrogen-bond donors (Lipinski definition) is 1. The zero-order valence-electron chi connectivity index (χ0n) is 12.8. The van der Waals surface area contributed by atoms with Gasteiger partial charge in [0.2, 0.25) is 0 Å². The molecule has 1 amide bonds. The third-order valence-corrected chi connectivity index (χ3v) is 3.94. The number of halogens is 1. The SMILES string of the molecule is O=C(O)c1ccc(C(=O)N2CC=C(c3ccc(F)cc3)CC2)cn1. The van der Waals surface area contributed by atoms with Gasteiger partial charge >= 0.3 is 5.97 Å². The van der Waals surface area contributed by atoms with E-state index in [0.29, 0.717) is 25.1 Å². The molecule has 0 radical (unpaired) electrons. The number of carbonyl (C=O) groups excluding carboxylic acids is 1. The van der Waals surface area contributed by atoms with Crippen molar-refractivity contribution in [2.24, 2.45) is 0 Å². The molecule has 5 nitrogen and oxygen atoms in total. The molecule has 0 saturated carbocycles. The van der Waals surface area contributed by atoms with Gasteiger partial charge in [-0.2, -0.15) is 0 Å². The summed E-state index contributed by atoms with van der Waals surface area (Å²) in [7, 11) is 0. The van der Waals surface area contributed by atoms with Crippen molar-refractivity contribution in [3.8, 4) is 0 Å². The molecule has 2 heterocycles. The van der Waals surface area contributed by atoms with E-state index in [1.807, 2.05) is 6.08 Å². The smallest absolute Gasteiger partial charge is 0.354 e. The molecule has 122 valence electrons. The zero-order valence-corrected chi connectivity index (χ0v) is 12.8. The van der Waals surface area contributed by atoms with E-state index in [0.717, 1.165) is 11.1 Å². The second-order valence-electron chi connectivity index (χ2n) is 5.47. The number of pyridine rings is 1. The van der Waals surface area contributed by atoms with Crippen LogP contribution in [0.3, 0.4) is 0 Å². The number of rotatable bonds is 3. The van der Waals surface area contributed by atoms with Crippen LogP contribution in [0.15, 0.2) is 48.7 Å². The van der Waals surface area contributed by atoms with Crippen LogP contribution in [-0.2, 0) is 0 Å². The quantitative estimate of drug-likeness (QED) is 0.941. The number of benzene rings is 1. The molecule has 6 heteroatoms. The molecule has 1 aliphatic rings. The lowest BCUT2D eigenvalue weighted by Crippen LogP contribution is -2.34. The van der Waals surface area contributed by atoms with Crippen molar-refractivity contribution in [1.82, 2.24) is 9.88 Å². The Morgan fingerprint density at radius 2 is 1.88 bits per heavy atom. The molecule has 3 rings (SSSR count). The van der Waals surface area contributed by atoms with E-state index in [-0.39, 0.29) is 17.4 Å². The van der Waals surface area contributed by atoms with Gasteiger partial charge < -0.3 is 10.0 Å². The lowest BCUT2D eigenvalue weighted by atomic mass is 9.99. The molecule has 1 aromatic heterocycles. The molecular formula is C18H15FN2O3. The first kappa shape index (κ1) is 15.9. The van der Waals surface area contributed by atoms with Gasteiger partial charge in [0.25, 0.3) is 5.91 Å². The fourth-order valence-corrected chi connectivity index (χ4v) is 2.61. The number of aromatic carboxylic acids is 1. The van der Waals surface area contributed by atoms with Crippen LogP contribution in [0, 0.1) is 5.82 Å². The highest BCUT2D eigenvalue weighted by molar-refractivity contribution is 5.95. The van der Waals surface area contributed by atoms with Crippen molar-refractivity contribution in [3.63, 3.8) is 0 Å². The minimum atomic E-state index is -1.13. The predicted octanol–water partition coefficient (Wildman–Crippen LogP) is 2.85. The van der Waals surface area contributed by atoms with Crippen molar-refractivity contribution in [3.05, 3.63) is 71.3 Å². The maximum atomic E-state index is 13.0. The van der Waals surface area contributed by atoms with E-state index < -0.39 is 5.97 Å². The van der Waals surface area contributed by atoms with Gasteiger partial charge in [-0.1, -0.05) is 18.2 Å². The molecule has 0 atom stereocenters. The van der Waals surface area contributed by atoms with Crippen LogP contribution in [-0.4, -0.2) is 40.0 Å². The maximum Gasteiger partial charge on any atom is 0.354 e. The Balaban J connectivity index is 1.70. The van der Waals surface area contributed by atoms with Gasteiger partial charge in [-0.05, 0) is 41.8 Å². The monoisotopic (exact) mass is 326 g/mol. The summed E-state index contributed by atoms with van der Waals surface area (Å²) < 4.78 is 13.0. The van der Waals surface area contributed by atoms with Gasteiger partial charge in [-0.15, -0.1) is 0 Å². The van der Waals surface area contributed by atoms with E-state index in [2.05, 4.69) is 4.98 Å².